The van der Waals surface area contributed by atoms with Gasteiger partial charge in [0.15, 0.2) is 4.91 Å². The molecule has 1 aromatic heterocycles. The zero-order chi connectivity index (χ0) is 18.3. The third-order valence-corrected chi connectivity index (χ3v) is 6.43. The van der Waals surface area contributed by atoms with Crippen molar-refractivity contribution >= 4 is 21.4 Å². The Labute approximate surface area is 150 Å². The number of rotatable bonds is 3. The van der Waals surface area contributed by atoms with E-state index < -0.39 is 21.6 Å². The molecule has 2 aliphatic heterocycles. The minimum Gasteiger partial charge on any atom is -0.347 e. The number of carbonyl (C=O) groups is 1. The van der Waals surface area contributed by atoms with Gasteiger partial charge < -0.3 is 10.2 Å². The van der Waals surface area contributed by atoms with Gasteiger partial charge in [0.25, 0.3) is 5.91 Å². The number of benzene rings is 1. The number of hydrogen-bond donors (Lipinski definition) is 1. The lowest BCUT2D eigenvalue weighted by molar-refractivity contribution is -0.117. The van der Waals surface area contributed by atoms with E-state index in [9.17, 15) is 17.6 Å². The molecule has 0 spiro atoms. The number of nitrogens with zero attached hydrogens (tertiary/aromatic N) is 2. The topological polar surface area (TPSA) is 79.4 Å². The SMILES string of the molecule is O=C(NCc1ccncc1)C1=C2CCCN2c2ccc(F)cc2S1(=O)=O. The van der Waals surface area contributed by atoms with Crippen molar-refractivity contribution in [2.24, 2.45) is 0 Å². The average molecular weight is 373 g/mol. The number of nitrogens with one attached hydrogen (secondary N) is 1. The molecule has 1 amide bonds. The second-order valence-corrected chi connectivity index (χ2v) is 8.04. The van der Waals surface area contributed by atoms with E-state index in [1.807, 2.05) is 0 Å². The summed E-state index contributed by atoms with van der Waals surface area (Å²) in [7, 11) is -4.09. The molecule has 3 heterocycles. The van der Waals surface area contributed by atoms with Gasteiger partial charge >= 0.3 is 0 Å². The molecule has 1 saturated heterocycles. The number of allylic oxidation sites excluding steroid dienone is 1. The number of halogens is 1. The van der Waals surface area contributed by atoms with Crippen LogP contribution in [0.3, 0.4) is 0 Å². The Hall–Kier alpha value is -2.74. The molecule has 1 aromatic carbocycles. The second-order valence-electron chi connectivity index (χ2n) is 6.18. The van der Waals surface area contributed by atoms with Gasteiger partial charge in [-0.15, -0.1) is 0 Å². The zero-order valence-electron chi connectivity index (χ0n) is 13.8. The van der Waals surface area contributed by atoms with Gasteiger partial charge in [-0.3, -0.25) is 9.78 Å². The first kappa shape index (κ1) is 16.7. The van der Waals surface area contributed by atoms with E-state index in [-0.39, 0.29) is 16.3 Å². The summed E-state index contributed by atoms with van der Waals surface area (Å²) in [5, 5.41) is 2.66. The van der Waals surface area contributed by atoms with Crippen LogP contribution in [0.15, 0.2) is 58.2 Å². The summed E-state index contributed by atoms with van der Waals surface area (Å²) in [5.41, 5.74) is 1.72. The first-order chi connectivity index (χ1) is 12.5. The summed E-state index contributed by atoms with van der Waals surface area (Å²) in [6.07, 6.45) is 4.42. The molecule has 2 aliphatic rings. The third kappa shape index (κ3) is 2.66. The maximum atomic E-state index is 13.7. The highest BCUT2D eigenvalue weighted by Gasteiger charge is 2.41. The van der Waals surface area contributed by atoms with E-state index in [0.717, 1.165) is 18.1 Å². The maximum Gasteiger partial charge on any atom is 0.265 e. The van der Waals surface area contributed by atoms with Crippen molar-refractivity contribution in [3.63, 3.8) is 0 Å². The van der Waals surface area contributed by atoms with Gasteiger partial charge in [-0.1, -0.05) is 0 Å². The lowest BCUT2D eigenvalue weighted by Gasteiger charge is -2.30. The molecule has 0 unspecified atom stereocenters. The first-order valence-corrected chi connectivity index (χ1v) is 9.69. The van der Waals surface area contributed by atoms with E-state index >= 15 is 0 Å². The van der Waals surface area contributed by atoms with Crippen molar-refractivity contribution < 1.29 is 17.6 Å². The largest absolute Gasteiger partial charge is 0.347 e. The van der Waals surface area contributed by atoms with Crippen LogP contribution in [0, 0.1) is 5.82 Å². The number of aromatic nitrogens is 1. The lowest BCUT2D eigenvalue weighted by atomic mass is 10.2. The summed E-state index contributed by atoms with van der Waals surface area (Å²) in [6.45, 7) is 0.786. The van der Waals surface area contributed by atoms with Gasteiger partial charge in [-0.05, 0) is 48.7 Å². The fourth-order valence-corrected chi connectivity index (χ4v) is 5.16. The predicted molar refractivity (Wildman–Crippen MR) is 93.3 cm³/mol. The van der Waals surface area contributed by atoms with Crippen LogP contribution in [0.25, 0.3) is 0 Å². The average Bonchev–Trinajstić information content (AvgIpc) is 3.09. The van der Waals surface area contributed by atoms with E-state index in [2.05, 4.69) is 10.3 Å². The molecule has 6 nitrogen and oxygen atoms in total. The summed E-state index contributed by atoms with van der Waals surface area (Å²) in [4.78, 5) is 18.0. The van der Waals surface area contributed by atoms with E-state index in [1.165, 1.54) is 12.1 Å². The Morgan fingerprint density at radius 3 is 2.77 bits per heavy atom. The normalized spacial score (nSPS) is 17.7. The lowest BCUT2D eigenvalue weighted by Crippen LogP contribution is -2.35. The maximum absolute atomic E-state index is 13.7. The predicted octanol–water partition coefficient (Wildman–Crippen LogP) is 2.14. The number of fused-ring (bicyclic) bond motifs is 3. The number of pyridine rings is 1. The number of sulfone groups is 1. The summed E-state index contributed by atoms with van der Waals surface area (Å²) >= 11 is 0. The molecule has 26 heavy (non-hydrogen) atoms. The minimum atomic E-state index is -4.09. The van der Waals surface area contributed by atoms with Gasteiger partial charge in [0, 0.05) is 31.2 Å². The van der Waals surface area contributed by atoms with Gasteiger partial charge in [-0.25, -0.2) is 12.8 Å². The number of hydrogen-bond acceptors (Lipinski definition) is 5. The number of anilines is 1. The molecule has 134 valence electrons. The zero-order valence-corrected chi connectivity index (χ0v) is 14.6. The molecule has 0 radical (unpaired) electrons. The summed E-state index contributed by atoms with van der Waals surface area (Å²) < 4.78 is 39.7. The number of carbonyl (C=O) groups excluding carboxylic acids is 1. The van der Waals surface area contributed by atoms with Crippen molar-refractivity contribution in [2.45, 2.75) is 24.3 Å². The smallest absolute Gasteiger partial charge is 0.265 e. The highest BCUT2D eigenvalue weighted by atomic mass is 32.2. The Kier molecular flexibility index (Phi) is 3.99. The van der Waals surface area contributed by atoms with Crippen molar-refractivity contribution in [2.75, 3.05) is 11.4 Å². The van der Waals surface area contributed by atoms with Crippen LogP contribution in [0.1, 0.15) is 18.4 Å². The van der Waals surface area contributed by atoms with Crippen LogP contribution in [0.4, 0.5) is 10.1 Å². The molecule has 0 atom stereocenters. The minimum absolute atomic E-state index is 0.155. The molecule has 0 saturated carbocycles. The van der Waals surface area contributed by atoms with Crippen LogP contribution in [0.2, 0.25) is 0 Å². The van der Waals surface area contributed by atoms with E-state index in [0.29, 0.717) is 24.4 Å². The monoisotopic (exact) mass is 373 g/mol. The standard InChI is InChI=1S/C18H16FN3O3S/c19-13-3-4-14-16(10-13)26(24,25)17(15-2-1-9-22(14)15)18(23)21-11-12-5-7-20-8-6-12/h3-8,10H,1-2,9,11H2,(H,21,23). The first-order valence-electron chi connectivity index (χ1n) is 8.21. The van der Waals surface area contributed by atoms with Crippen LogP contribution >= 0.6 is 0 Å². The van der Waals surface area contributed by atoms with Crippen LogP contribution in [-0.4, -0.2) is 25.9 Å². The molecule has 0 aliphatic carbocycles. The molecule has 1 N–H and O–H groups in total. The molecular formula is C18H16FN3O3S. The molecular weight excluding hydrogens is 357 g/mol. The second kappa shape index (κ2) is 6.21. The Morgan fingerprint density at radius 1 is 1.23 bits per heavy atom. The van der Waals surface area contributed by atoms with E-state index in [1.54, 1.807) is 29.4 Å². The third-order valence-electron chi connectivity index (χ3n) is 4.56. The molecule has 4 rings (SSSR count). The fourth-order valence-electron chi connectivity index (χ4n) is 3.38. The van der Waals surface area contributed by atoms with Gasteiger partial charge in [0.05, 0.1) is 10.6 Å². The Morgan fingerprint density at radius 2 is 2.00 bits per heavy atom. The van der Waals surface area contributed by atoms with Crippen LogP contribution in [0.5, 0.6) is 0 Å². The molecule has 1 fully saturated rings. The fraction of sp³-hybridized carbons (Fsp3) is 0.222. The summed E-state index contributed by atoms with van der Waals surface area (Å²) in [6, 6.07) is 7.15. The summed E-state index contributed by atoms with van der Waals surface area (Å²) in [5.74, 6) is -1.31. The van der Waals surface area contributed by atoms with Gasteiger partial charge in [0.2, 0.25) is 9.84 Å². The molecule has 2 aromatic rings. The highest BCUT2D eigenvalue weighted by Crippen LogP contribution is 2.43. The van der Waals surface area contributed by atoms with Crippen molar-refractivity contribution in [3.05, 3.63) is 64.7 Å². The van der Waals surface area contributed by atoms with E-state index in [4.69, 9.17) is 0 Å². The molecule has 0 bridgehead atoms. The van der Waals surface area contributed by atoms with Gasteiger partial charge in [0.1, 0.15) is 5.82 Å². The Bertz CT molecular complexity index is 1020. The Balaban J connectivity index is 1.73. The van der Waals surface area contributed by atoms with Crippen LogP contribution < -0.4 is 10.2 Å². The van der Waals surface area contributed by atoms with Crippen molar-refractivity contribution in [3.8, 4) is 0 Å². The quantitative estimate of drug-likeness (QED) is 0.892. The molecule has 8 heteroatoms. The van der Waals surface area contributed by atoms with Crippen molar-refractivity contribution in [1.82, 2.24) is 10.3 Å². The van der Waals surface area contributed by atoms with Gasteiger partial charge in [-0.2, -0.15) is 0 Å². The van der Waals surface area contributed by atoms with Crippen LogP contribution in [-0.2, 0) is 21.2 Å². The van der Waals surface area contributed by atoms with Crippen molar-refractivity contribution in [1.29, 1.82) is 0 Å². The highest BCUT2D eigenvalue weighted by molar-refractivity contribution is 7.96. The number of amides is 1.